The van der Waals surface area contributed by atoms with E-state index in [9.17, 15) is 9.59 Å². The van der Waals surface area contributed by atoms with Crippen molar-refractivity contribution in [2.75, 3.05) is 5.32 Å². The van der Waals surface area contributed by atoms with Crippen LogP contribution in [0.25, 0.3) is 0 Å². The number of nitrogens with zero attached hydrogens (tertiary/aromatic N) is 2. The largest absolute Gasteiger partial charge is 0.323 e. The first-order valence-corrected chi connectivity index (χ1v) is 8.03. The van der Waals surface area contributed by atoms with Gasteiger partial charge in [-0.2, -0.15) is 4.99 Å². The summed E-state index contributed by atoms with van der Waals surface area (Å²) in [5.74, 6) is -0.0519. The van der Waals surface area contributed by atoms with Crippen molar-refractivity contribution in [3.05, 3.63) is 52.7 Å². The molecule has 0 radical (unpaired) electrons. The first kappa shape index (κ1) is 15.7. The average Bonchev–Trinajstić information content (AvgIpc) is 2.49. The van der Waals surface area contributed by atoms with Crippen LogP contribution in [0.2, 0.25) is 0 Å². The lowest BCUT2D eigenvalue weighted by atomic mass is 9.91. The Morgan fingerprint density at radius 1 is 1.39 bits per heavy atom. The molecule has 1 atom stereocenters. The Bertz CT molecular complexity index is 782. The van der Waals surface area contributed by atoms with E-state index in [4.69, 9.17) is 0 Å². The van der Waals surface area contributed by atoms with Crippen LogP contribution in [0.3, 0.4) is 0 Å². The number of amidine groups is 1. The summed E-state index contributed by atoms with van der Waals surface area (Å²) in [7, 11) is 0. The zero-order valence-corrected chi connectivity index (χ0v) is 14.4. The molecule has 0 bridgehead atoms. The Morgan fingerprint density at radius 2 is 2.17 bits per heavy atom. The number of aliphatic imine (C=N–C) groups is 1. The summed E-state index contributed by atoms with van der Waals surface area (Å²) in [4.78, 5) is 30.6. The Kier molecular flexibility index (Phi) is 3.93. The maximum Gasteiger partial charge on any atom is 0.250 e. The second-order valence-corrected chi connectivity index (χ2v) is 6.68. The number of aryl methyl sites for hydroxylation is 1. The van der Waals surface area contributed by atoms with E-state index in [0.717, 1.165) is 10.0 Å². The first-order chi connectivity index (χ1) is 10.9. The van der Waals surface area contributed by atoms with Crippen LogP contribution in [0, 0.1) is 6.92 Å². The minimum absolute atomic E-state index is 0.0317. The summed E-state index contributed by atoms with van der Waals surface area (Å²) in [5, 5.41) is 2.91. The second-order valence-electron chi connectivity index (χ2n) is 5.82. The third-order valence-electron chi connectivity index (χ3n) is 3.97. The van der Waals surface area contributed by atoms with Crippen LogP contribution < -0.4 is 5.32 Å². The Morgan fingerprint density at radius 3 is 2.91 bits per heavy atom. The molecule has 1 unspecified atom stereocenters. The molecule has 3 rings (SSSR count). The molecule has 2 aliphatic rings. The lowest BCUT2D eigenvalue weighted by molar-refractivity contribution is -0.130. The highest BCUT2D eigenvalue weighted by Crippen LogP contribution is 2.31. The predicted octanol–water partition coefficient (Wildman–Crippen LogP) is 3.17. The van der Waals surface area contributed by atoms with Crippen LogP contribution in [0.4, 0.5) is 5.69 Å². The number of carbonyl (C=O) groups is 2. The van der Waals surface area contributed by atoms with E-state index < -0.39 is 5.54 Å². The molecule has 0 saturated carbocycles. The second kappa shape index (κ2) is 5.77. The van der Waals surface area contributed by atoms with Crippen molar-refractivity contribution in [2.24, 2.45) is 4.99 Å². The third kappa shape index (κ3) is 2.86. The van der Waals surface area contributed by atoms with Gasteiger partial charge in [-0.05, 0) is 59.6 Å². The number of amides is 2. The van der Waals surface area contributed by atoms with Crippen LogP contribution >= 0.6 is 15.9 Å². The molecule has 2 heterocycles. The Labute approximate surface area is 142 Å². The van der Waals surface area contributed by atoms with Gasteiger partial charge in [-0.25, -0.2) is 0 Å². The van der Waals surface area contributed by atoms with Crippen molar-refractivity contribution in [3.8, 4) is 0 Å². The summed E-state index contributed by atoms with van der Waals surface area (Å²) in [6.07, 6.45) is 7.15. The maximum absolute atomic E-state index is 12.9. The van der Waals surface area contributed by atoms with E-state index in [2.05, 4.69) is 26.2 Å². The molecule has 0 fully saturated rings. The molecule has 23 heavy (non-hydrogen) atoms. The van der Waals surface area contributed by atoms with Gasteiger partial charge in [0.25, 0.3) is 11.8 Å². The van der Waals surface area contributed by atoms with E-state index in [1.54, 1.807) is 30.2 Å². The van der Waals surface area contributed by atoms with Gasteiger partial charge < -0.3 is 10.2 Å². The van der Waals surface area contributed by atoms with Gasteiger partial charge in [0.05, 0.1) is 12.1 Å². The smallest absolute Gasteiger partial charge is 0.250 e. The number of nitrogens with one attached hydrogen (secondary N) is 1. The number of anilines is 1. The molecule has 6 heteroatoms. The molecule has 118 valence electrons. The number of carbonyl (C=O) groups excluding carboxylic acids is 2. The van der Waals surface area contributed by atoms with E-state index in [-0.39, 0.29) is 18.2 Å². The predicted molar refractivity (Wildman–Crippen MR) is 93.1 cm³/mol. The highest BCUT2D eigenvalue weighted by atomic mass is 79.9. The van der Waals surface area contributed by atoms with E-state index in [1.165, 1.54) is 0 Å². The summed E-state index contributed by atoms with van der Waals surface area (Å²) >= 11 is 3.45. The lowest BCUT2D eigenvalue weighted by Gasteiger charge is -2.41. The highest BCUT2D eigenvalue weighted by Gasteiger charge is 2.45. The maximum atomic E-state index is 12.9. The minimum Gasteiger partial charge on any atom is -0.323 e. The van der Waals surface area contributed by atoms with E-state index in [1.807, 2.05) is 31.2 Å². The van der Waals surface area contributed by atoms with Crippen molar-refractivity contribution in [3.63, 3.8) is 0 Å². The number of fused-ring (bicyclic) bond motifs is 1. The normalized spacial score (nSPS) is 22.7. The van der Waals surface area contributed by atoms with Crippen molar-refractivity contribution in [1.82, 2.24) is 4.90 Å². The molecule has 0 spiro atoms. The molecule has 0 aromatic heterocycles. The summed E-state index contributed by atoms with van der Waals surface area (Å²) in [6.45, 7) is 3.73. The molecule has 5 nitrogen and oxygen atoms in total. The zero-order valence-electron chi connectivity index (χ0n) is 12.8. The lowest BCUT2D eigenvalue weighted by Crippen LogP contribution is -2.58. The Balaban J connectivity index is 1.91. The minimum atomic E-state index is -1.01. The summed E-state index contributed by atoms with van der Waals surface area (Å²) < 4.78 is 0.805. The molecule has 0 saturated heterocycles. The number of rotatable bonds is 2. The van der Waals surface area contributed by atoms with Crippen molar-refractivity contribution < 1.29 is 9.59 Å². The number of hydrogen-bond acceptors (Lipinski definition) is 3. The van der Waals surface area contributed by atoms with E-state index in [0.29, 0.717) is 11.5 Å². The fourth-order valence-electron chi connectivity index (χ4n) is 2.66. The quantitative estimate of drug-likeness (QED) is 0.865. The highest BCUT2D eigenvalue weighted by molar-refractivity contribution is 9.10. The van der Waals surface area contributed by atoms with Crippen LogP contribution in [0.5, 0.6) is 0 Å². The van der Waals surface area contributed by atoms with Crippen LogP contribution in [0.1, 0.15) is 18.9 Å². The zero-order chi connectivity index (χ0) is 16.6. The third-order valence-corrected chi connectivity index (χ3v) is 4.62. The van der Waals surface area contributed by atoms with Crippen molar-refractivity contribution >= 4 is 39.3 Å². The van der Waals surface area contributed by atoms with Gasteiger partial charge in [-0.1, -0.05) is 12.1 Å². The molecule has 1 aromatic rings. The number of halogens is 1. The molecule has 1 N–H and O–H groups in total. The Hall–Kier alpha value is -2.21. The number of hydrogen-bond donors (Lipinski definition) is 1. The van der Waals surface area contributed by atoms with Crippen LogP contribution in [-0.2, 0) is 9.59 Å². The molecule has 2 aliphatic heterocycles. The van der Waals surface area contributed by atoms with Gasteiger partial charge in [0, 0.05) is 10.7 Å². The molecule has 0 aliphatic carbocycles. The molecule has 2 amide bonds. The molecule has 1 aromatic carbocycles. The standard InChI is InChI=1S/C17H16BrN3O2/c1-11-6-7-13(12(18)9-11)19-16(23)17(2)10-15(22)20-14-5-3-4-8-21(14)17/h3-9H,10H2,1-2H3,(H,19,23). The van der Waals surface area contributed by atoms with E-state index >= 15 is 0 Å². The van der Waals surface area contributed by atoms with Gasteiger partial charge in [-0.15, -0.1) is 0 Å². The fraction of sp³-hybridized carbons (Fsp3) is 0.235. The van der Waals surface area contributed by atoms with Crippen LogP contribution in [-0.4, -0.2) is 28.1 Å². The summed E-state index contributed by atoms with van der Waals surface area (Å²) in [6, 6.07) is 5.69. The van der Waals surface area contributed by atoms with Gasteiger partial charge in [0.15, 0.2) is 0 Å². The van der Waals surface area contributed by atoms with Crippen molar-refractivity contribution in [2.45, 2.75) is 25.8 Å². The summed E-state index contributed by atoms with van der Waals surface area (Å²) in [5.41, 5.74) is 0.752. The topological polar surface area (TPSA) is 61.8 Å². The van der Waals surface area contributed by atoms with Gasteiger partial charge >= 0.3 is 0 Å². The average molecular weight is 374 g/mol. The number of benzene rings is 1. The first-order valence-electron chi connectivity index (χ1n) is 7.23. The van der Waals surface area contributed by atoms with Gasteiger partial charge in [0.2, 0.25) is 0 Å². The monoisotopic (exact) mass is 373 g/mol. The number of allylic oxidation sites excluding steroid dienone is 2. The van der Waals surface area contributed by atoms with Crippen LogP contribution in [0.15, 0.2) is 52.1 Å². The molecular weight excluding hydrogens is 358 g/mol. The van der Waals surface area contributed by atoms with Gasteiger partial charge in [-0.3, -0.25) is 9.59 Å². The SMILES string of the molecule is Cc1ccc(NC(=O)C2(C)CC(=O)N=C3C=CC=CN32)c(Br)c1. The van der Waals surface area contributed by atoms with Gasteiger partial charge in [0.1, 0.15) is 11.4 Å². The molecular formula is C17H16BrN3O2. The van der Waals surface area contributed by atoms with Crippen molar-refractivity contribution in [1.29, 1.82) is 0 Å². The fourth-order valence-corrected chi connectivity index (χ4v) is 3.25.